The predicted molar refractivity (Wildman–Crippen MR) is 225 cm³/mol. The zero-order chi connectivity index (χ0) is 42.9. The Morgan fingerprint density at radius 3 is 1.85 bits per heavy atom. The van der Waals surface area contributed by atoms with Crippen molar-refractivity contribution in [3.05, 3.63) is 155 Å². The molecule has 60 heavy (non-hydrogen) atoms. The Labute approximate surface area is 349 Å². The minimum atomic E-state index is -0.558. The predicted octanol–water partition coefficient (Wildman–Crippen LogP) is 9.72. The standard InChI is InChI=1S/C49H48O11/c1-5-37(47(52)58-43-25-23-41(24-26-43)57-45(50)28-15-36-11-7-6-8-12-36)32-35(4)46(51)56-30-10-9-29-55-40-21-16-38(17-22-40)48(53)60-44-27-18-39(31-34(44)3)49(54)59-42-19-13-33(2)14-20-42/h6-8,11-28,31,35,37H,5,9-10,29-30,32H2,1-4H3/b28-15+. The van der Waals surface area contributed by atoms with Gasteiger partial charge >= 0.3 is 29.8 Å². The molecular formula is C49H48O11. The molecular weight excluding hydrogens is 765 g/mol. The van der Waals surface area contributed by atoms with E-state index in [1.165, 1.54) is 18.2 Å². The van der Waals surface area contributed by atoms with E-state index in [1.54, 1.807) is 86.7 Å². The van der Waals surface area contributed by atoms with Gasteiger partial charge in [0.05, 0.1) is 36.2 Å². The van der Waals surface area contributed by atoms with Crippen molar-refractivity contribution >= 4 is 35.9 Å². The first-order chi connectivity index (χ1) is 29.0. The lowest BCUT2D eigenvalue weighted by Gasteiger charge is -2.18. The second-order valence-electron chi connectivity index (χ2n) is 14.1. The van der Waals surface area contributed by atoms with Crippen LogP contribution in [0.25, 0.3) is 6.08 Å². The van der Waals surface area contributed by atoms with Gasteiger partial charge in [0, 0.05) is 6.08 Å². The maximum atomic E-state index is 12.9. The number of carbonyl (C=O) groups is 5. The number of esters is 5. The van der Waals surface area contributed by atoms with Crippen molar-refractivity contribution in [2.24, 2.45) is 11.8 Å². The number of rotatable bonds is 19. The van der Waals surface area contributed by atoms with Crippen molar-refractivity contribution in [2.75, 3.05) is 13.2 Å². The van der Waals surface area contributed by atoms with E-state index in [0.717, 1.165) is 11.1 Å². The highest BCUT2D eigenvalue weighted by molar-refractivity contribution is 5.93. The average molecular weight is 813 g/mol. The lowest BCUT2D eigenvalue weighted by atomic mass is 9.94. The van der Waals surface area contributed by atoms with E-state index in [4.69, 9.17) is 28.4 Å². The van der Waals surface area contributed by atoms with Gasteiger partial charge in [0.25, 0.3) is 0 Å². The molecule has 0 spiro atoms. The molecule has 0 aliphatic heterocycles. The number of aryl methyl sites for hydroxylation is 2. The number of hydrogen-bond donors (Lipinski definition) is 0. The third-order valence-corrected chi connectivity index (χ3v) is 9.33. The van der Waals surface area contributed by atoms with Crippen LogP contribution in [0, 0.1) is 25.7 Å². The quantitative estimate of drug-likeness (QED) is 0.0341. The van der Waals surface area contributed by atoms with Crippen molar-refractivity contribution < 1.29 is 52.4 Å². The molecule has 0 saturated carbocycles. The lowest BCUT2D eigenvalue weighted by molar-refractivity contribution is -0.149. The summed E-state index contributed by atoms with van der Waals surface area (Å²) in [5.74, 6) is -1.59. The highest BCUT2D eigenvalue weighted by Crippen LogP contribution is 2.25. The van der Waals surface area contributed by atoms with Gasteiger partial charge in [-0.1, -0.05) is 61.9 Å². The molecule has 2 unspecified atom stereocenters. The van der Waals surface area contributed by atoms with Crippen LogP contribution in [0.3, 0.4) is 0 Å². The molecule has 310 valence electrons. The molecule has 0 saturated heterocycles. The van der Waals surface area contributed by atoms with Crippen LogP contribution in [-0.4, -0.2) is 43.1 Å². The zero-order valence-corrected chi connectivity index (χ0v) is 34.1. The molecule has 11 heteroatoms. The molecule has 0 aliphatic carbocycles. The van der Waals surface area contributed by atoms with E-state index in [1.807, 2.05) is 56.3 Å². The smallest absolute Gasteiger partial charge is 0.343 e. The van der Waals surface area contributed by atoms with Gasteiger partial charge in [-0.2, -0.15) is 0 Å². The summed E-state index contributed by atoms with van der Waals surface area (Å²) in [6.45, 7) is 7.83. The Bertz CT molecular complexity index is 2240. The molecule has 0 heterocycles. The Morgan fingerprint density at radius 2 is 1.18 bits per heavy atom. The van der Waals surface area contributed by atoms with E-state index in [0.29, 0.717) is 71.3 Å². The van der Waals surface area contributed by atoms with Gasteiger partial charge in [-0.3, -0.25) is 9.59 Å². The molecule has 2 atom stereocenters. The summed E-state index contributed by atoms with van der Waals surface area (Å²) in [5.41, 5.74) is 3.18. The molecule has 0 aliphatic rings. The lowest BCUT2D eigenvalue weighted by Crippen LogP contribution is -2.26. The fraction of sp³-hybridized carbons (Fsp3) is 0.245. The van der Waals surface area contributed by atoms with Gasteiger partial charge in [0.1, 0.15) is 28.7 Å². The van der Waals surface area contributed by atoms with Crippen LogP contribution in [0.2, 0.25) is 0 Å². The maximum Gasteiger partial charge on any atom is 0.343 e. The fourth-order valence-electron chi connectivity index (χ4n) is 5.82. The number of ether oxygens (including phenoxy) is 6. The summed E-state index contributed by atoms with van der Waals surface area (Å²) in [5, 5.41) is 0. The summed E-state index contributed by atoms with van der Waals surface area (Å²) in [6.07, 6.45) is 4.92. The molecule has 0 bridgehead atoms. The zero-order valence-electron chi connectivity index (χ0n) is 34.1. The van der Waals surface area contributed by atoms with Crippen LogP contribution >= 0.6 is 0 Å². The first-order valence-corrected chi connectivity index (χ1v) is 19.7. The van der Waals surface area contributed by atoms with Gasteiger partial charge in [-0.25, -0.2) is 14.4 Å². The van der Waals surface area contributed by atoms with E-state index in [2.05, 4.69) is 0 Å². The Balaban J connectivity index is 0.960. The van der Waals surface area contributed by atoms with Gasteiger partial charge < -0.3 is 28.4 Å². The topological polar surface area (TPSA) is 141 Å². The Morgan fingerprint density at radius 1 is 0.600 bits per heavy atom. The van der Waals surface area contributed by atoms with E-state index in [-0.39, 0.29) is 13.0 Å². The molecule has 5 aromatic carbocycles. The number of carbonyl (C=O) groups excluding carboxylic acids is 5. The van der Waals surface area contributed by atoms with E-state index < -0.39 is 41.7 Å². The number of benzene rings is 5. The number of unbranched alkanes of at least 4 members (excludes halogenated alkanes) is 1. The van der Waals surface area contributed by atoms with Crippen molar-refractivity contribution in [1.29, 1.82) is 0 Å². The molecule has 0 aromatic heterocycles. The van der Waals surface area contributed by atoms with Crippen molar-refractivity contribution in [3.63, 3.8) is 0 Å². The van der Waals surface area contributed by atoms with Crippen molar-refractivity contribution in [3.8, 4) is 28.7 Å². The van der Waals surface area contributed by atoms with Gasteiger partial charge in [0.15, 0.2) is 0 Å². The summed E-state index contributed by atoms with van der Waals surface area (Å²) < 4.78 is 33.1. The molecule has 0 fully saturated rings. The highest BCUT2D eigenvalue weighted by atomic mass is 16.6. The molecule has 11 nitrogen and oxygen atoms in total. The van der Waals surface area contributed by atoms with Crippen molar-refractivity contribution in [2.45, 2.75) is 53.4 Å². The second-order valence-corrected chi connectivity index (χ2v) is 14.1. The van der Waals surface area contributed by atoms with Crippen molar-refractivity contribution in [1.82, 2.24) is 0 Å². The van der Waals surface area contributed by atoms with Crippen LogP contribution in [0.1, 0.15) is 76.9 Å². The normalized spacial score (nSPS) is 11.9. The van der Waals surface area contributed by atoms with Crippen LogP contribution in [0.15, 0.2) is 127 Å². The highest BCUT2D eigenvalue weighted by Gasteiger charge is 2.26. The van der Waals surface area contributed by atoms with Gasteiger partial charge in [0.2, 0.25) is 0 Å². The Kier molecular flexibility index (Phi) is 16.3. The van der Waals surface area contributed by atoms with Gasteiger partial charge in [-0.05, 0) is 136 Å². The second kappa shape index (κ2) is 22.2. The average Bonchev–Trinajstić information content (AvgIpc) is 3.25. The monoisotopic (exact) mass is 812 g/mol. The summed E-state index contributed by atoms with van der Waals surface area (Å²) >= 11 is 0. The first kappa shape index (κ1) is 44.1. The Hall–Kier alpha value is -7.01. The fourth-order valence-corrected chi connectivity index (χ4v) is 5.82. The van der Waals surface area contributed by atoms with Gasteiger partial charge in [-0.15, -0.1) is 0 Å². The summed E-state index contributed by atoms with van der Waals surface area (Å²) in [6, 6.07) is 34.0. The van der Waals surface area contributed by atoms with E-state index in [9.17, 15) is 24.0 Å². The minimum absolute atomic E-state index is 0.200. The summed E-state index contributed by atoms with van der Waals surface area (Å²) in [7, 11) is 0. The molecule has 0 radical (unpaired) electrons. The number of hydrogen-bond acceptors (Lipinski definition) is 11. The third kappa shape index (κ3) is 13.8. The first-order valence-electron chi connectivity index (χ1n) is 19.7. The third-order valence-electron chi connectivity index (χ3n) is 9.33. The van der Waals surface area contributed by atoms with Crippen LogP contribution < -0.4 is 23.7 Å². The molecule has 5 aromatic rings. The van der Waals surface area contributed by atoms with Crippen LogP contribution in [-0.2, 0) is 19.1 Å². The SMILES string of the molecule is CCC(CC(C)C(=O)OCCCCOc1ccc(C(=O)Oc2ccc(C(=O)Oc3ccc(C)cc3)cc2C)cc1)C(=O)Oc1ccc(OC(=O)/C=C/c2ccccc2)cc1. The molecule has 0 N–H and O–H groups in total. The minimum Gasteiger partial charge on any atom is -0.494 e. The van der Waals surface area contributed by atoms with Crippen LogP contribution in [0.5, 0.6) is 28.7 Å². The molecule has 5 rings (SSSR count). The maximum absolute atomic E-state index is 12.9. The largest absolute Gasteiger partial charge is 0.494 e. The van der Waals surface area contributed by atoms with Crippen LogP contribution in [0.4, 0.5) is 0 Å². The molecule has 0 amide bonds. The van der Waals surface area contributed by atoms with E-state index >= 15 is 0 Å². The summed E-state index contributed by atoms with van der Waals surface area (Å²) in [4.78, 5) is 63.2.